The molecule has 0 aromatic heterocycles. The molecule has 1 N–H and O–H groups in total. The Bertz CT molecular complexity index is 369. The summed E-state index contributed by atoms with van der Waals surface area (Å²) in [7, 11) is 0. The molecule has 0 fully saturated rings. The summed E-state index contributed by atoms with van der Waals surface area (Å²) >= 11 is 0. The maximum atomic E-state index is 13.0. The van der Waals surface area contributed by atoms with Crippen molar-refractivity contribution in [1.29, 1.82) is 0 Å². The summed E-state index contributed by atoms with van der Waals surface area (Å²) < 4.78 is 24.0. The molecule has 0 aliphatic heterocycles. The normalized spacial score (nSPS) is 11.0. The minimum Gasteiger partial charge on any atom is -0.492 e. The largest absolute Gasteiger partial charge is 0.492 e. The van der Waals surface area contributed by atoms with E-state index in [1.165, 1.54) is 12.1 Å². The SMILES string of the molecule is Cc1ccc(F)cc1OCCNCCCOC(C)C. The molecule has 3 nitrogen and oxygen atoms in total. The van der Waals surface area contributed by atoms with Gasteiger partial charge in [0.15, 0.2) is 0 Å². The van der Waals surface area contributed by atoms with Gasteiger partial charge in [-0.1, -0.05) is 6.07 Å². The molecule has 0 spiro atoms. The van der Waals surface area contributed by atoms with E-state index in [1.54, 1.807) is 6.07 Å². The van der Waals surface area contributed by atoms with Gasteiger partial charge >= 0.3 is 0 Å². The topological polar surface area (TPSA) is 30.5 Å². The van der Waals surface area contributed by atoms with Gasteiger partial charge in [0, 0.05) is 19.2 Å². The second-order valence-corrected chi connectivity index (χ2v) is 4.78. The number of halogens is 1. The molecule has 0 aliphatic carbocycles. The third kappa shape index (κ3) is 7.13. The number of aryl methyl sites for hydroxylation is 1. The van der Waals surface area contributed by atoms with Gasteiger partial charge in [0.2, 0.25) is 0 Å². The van der Waals surface area contributed by atoms with E-state index in [9.17, 15) is 4.39 Å². The molecule has 0 unspecified atom stereocenters. The number of hydrogen-bond donors (Lipinski definition) is 1. The van der Waals surface area contributed by atoms with Crippen LogP contribution in [-0.2, 0) is 4.74 Å². The number of nitrogens with one attached hydrogen (secondary N) is 1. The fraction of sp³-hybridized carbons (Fsp3) is 0.600. The average molecular weight is 269 g/mol. The number of ether oxygens (including phenoxy) is 2. The van der Waals surface area contributed by atoms with Crippen LogP contribution in [0.2, 0.25) is 0 Å². The second kappa shape index (κ2) is 8.88. The van der Waals surface area contributed by atoms with E-state index in [2.05, 4.69) is 5.32 Å². The molecular formula is C15H24FNO2. The molecule has 1 aromatic rings. The first-order valence-electron chi connectivity index (χ1n) is 6.81. The highest BCUT2D eigenvalue weighted by Crippen LogP contribution is 2.18. The van der Waals surface area contributed by atoms with Gasteiger partial charge < -0.3 is 14.8 Å². The van der Waals surface area contributed by atoms with Crippen molar-refractivity contribution in [2.75, 3.05) is 26.3 Å². The Kier molecular flexibility index (Phi) is 7.45. The highest BCUT2D eigenvalue weighted by molar-refractivity contribution is 5.32. The van der Waals surface area contributed by atoms with E-state index in [0.29, 0.717) is 18.5 Å². The Balaban J connectivity index is 2.06. The molecule has 0 saturated heterocycles. The maximum absolute atomic E-state index is 13.0. The summed E-state index contributed by atoms with van der Waals surface area (Å²) in [5, 5.41) is 3.26. The Morgan fingerprint density at radius 1 is 1.21 bits per heavy atom. The fourth-order valence-electron chi connectivity index (χ4n) is 1.60. The van der Waals surface area contributed by atoms with Crippen LogP contribution < -0.4 is 10.1 Å². The van der Waals surface area contributed by atoms with Crippen molar-refractivity contribution >= 4 is 0 Å². The van der Waals surface area contributed by atoms with Gasteiger partial charge in [0.1, 0.15) is 18.2 Å². The van der Waals surface area contributed by atoms with Crippen LogP contribution in [0.3, 0.4) is 0 Å². The first-order valence-corrected chi connectivity index (χ1v) is 6.81. The zero-order chi connectivity index (χ0) is 14.1. The minimum atomic E-state index is -0.264. The molecule has 108 valence electrons. The lowest BCUT2D eigenvalue weighted by atomic mass is 10.2. The van der Waals surface area contributed by atoms with E-state index in [-0.39, 0.29) is 5.82 Å². The van der Waals surface area contributed by atoms with Gasteiger partial charge in [-0.3, -0.25) is 0 Å². The molecular weight excluding hydrogens is 245 g/mol. The van der Waals surface area contributed by atoms with Crippen LogP contribution in [0.1, 0.15) is 25.8 Å². The summed E-state index contributed by atoms with van der Waals surface area (Å²) in [6.45, 7) is 8.93. The molecule has 0 saturated carbocycles. The molecule has 4 heteroatoms. The van der Waals surface area contributed by atoms with E-state index < -0.39 is 0 Å². The van der Waals surface area contributed by atoms with Gasteiger partial charge in [0.25, 0.3) is 0 Å². The predicted molar refractivity (Wildman–Crippen MR) is 75.2 cm³/mol. The minimum absolute atomic E-state index is 0.264. The van der Waals surface area contributed by atoms with E-state index >= 15 is 0 Å². The van der Waals surface area contributed by atoms with E-state index in [0.717, 1.165) is 31.7 Å². The predicted octanol–water partition coefficient (Wildman–Crippen LogP) is 2.92. The van der Waals surface area contributed by atoms with Crippen molar-refractivity contribution in [3.05, 3.63) is 29.6 Å². The van der Waals surface area contributed by atoms with Crippen molar-refractivity contribution in [2.24, 2.45) is 0 Å². The molecule has 0 aliphatic rings. The molecule has 0 bridgehead atoms. The third-order valence-electron chi connectivity index (χ3n) is 2.64. The first kappa shape index (κ1) is 15.9. The second-order valence-electron chi connectivity index (χ2n) is 4.78. The highest BCUT2D eigenvalue weighted by Gasteiger charge is 2.01. The van der Waals surface area contributed by atoms with Crippen LogP contribution in [0, 0.1) is 12.7 Å². The lowest BCUT2D eigenvalue weighted by Crippen LogP contribution is -2.23. The van der Waals surface area contributed by atoms with Crippen molar-refractivity contribution < 1.29 is 13.9 Å². The number of benzene rings is 1. The van der Waals surface area contributed by atoms with Crippen LogP contribution in [-0.4, -0.2) is 32.4 Å². The standard InChI is InChI=1S/C15H24FNO2/c1-12(2)18-9-4-7-17-8-10-19-15-11-14(16)6-5-13(15)3/h5-6,11-12,17H,4,7-10H2,1-3H3. The van der Waals surface area contributed by atoms with Crippen LogP contribution in [0.25, 0.3) is 0 Å². The molecule has 1 rings (SSSR count). The summed E-state index contributed by atoms with van der Waals surface area (Å²) in [6.07, 6.45) is 1.27. The first-order chi connectivity index (χ1) is 9.09. The summed E-state index contributed by atoms with van der Waals surface area (Å²) in [5.41, 5.74) is 0.951. The van der Waals surface area contributed by atoms with Crippen LogP contribution >= 0.6 is 0 Å². The fourth-order valence-corrected chi connectivity index (χ4v) is 1.60. The summed E-state index contributed by atoms with van der Waals surface area (Å²) in [5.74, 6) is 0.351. The Morgan fingerprint density at radius 3 is 2.74 bits per heavy atom. The molecule has 1 aromatic carbocycles. The third-order valence-corrected chi connectivity index (χ3v) is 2.64. The highest BCUT2D eigenvalue weighted by atomic mass is 19.1. The maximum Gasteiger partial charge on any atom is 0.126 e. The quantitative estimate of drug-likeness (QED) is 0.699. The van der Waals surface area contributed by atoms with Gasteiger partial charge in [0.05, 0.1) is 6.10 Å². The lowest BCUT2D eigenvalue weighted by molar-refractivity contribution is 0.0770. The molecule has 0 radical (unpaired) electrons. The molecule has 0 atom stereocenters. The van der Waals surface area contributed by atoms with Gasteiger partial charge in [-0.25, -0.2) is 4.39 Å². The number of rotatable bonds is 9. The monoisotopic (exact) mass is 269 g/mol. The lowest BCUT2D eigenvalue weighted by Gasteiger charge is -2.10. The van der Waals surface area contributed by atoms with E-state index in [1.807, 2.05) is 20.8 Å². The Hall–Kier alpha value is -1.13. The summed E-state index contributed by atoms with van der Waals surface area (Å²) in [6, 6.07) is 4.59. The van der Waals surface area contributed by atoms with Gasteiger partial charge in [-0.15, -0.1) is 0 Å². The van der Waals surface area contributed by atoms with Gasteiger partial charge in [-0.05, 0) is 45.4 Å². The van der Waals surface area contributed by atoms with Gasteiger partial charge in [-0.2, -0.15) is 0 Å². The zero-order valence-electron chi connectivity index (χ0n) is 12.0. The van der Waals surface area contributed by atoms with Crippen LogP contribution in [0.5, 0.6) is 5.75 Å². The molecule has 0 heterocycles. The average Bonchev–Trinajstić information content (AvgIpc) is 2.36. The Morgan fingerprint density at radius 2 is 2.00 bits per heavy atom. The zero-order valence-corrected chi connectivity index (χ0v) is 12.0. The summed E-state index contributed by atoms with van der Waals surface area (Å²) in [4.78, 5) is 0. The van der Waals surface area contributed by atoms with E-state index in [4.69, 9.17) is 9.47 Å². The molecule has 19 heavy (non-hydrogen) atoms. The van der Waals surface area contributed by atoms with Crippen molar-refractivity contribution in [3.63, 3.8) is 0 Å². The number of hydrogen-bond acceptors (Lipinski definition) is 3. The van der Waals surface area contributed by atoms with Crippen LogP contribution in [0.15, 0.2) is 18.2 Å². The van der Waals surface area contributed by atoms with Crippen LogP contribution in [0.4, 0.5) is 4.39 Å². The Labute approximate surface area is 115 Å². The molecule has 0 amide bonds. The van der Waals surface area contributed by atoms with Crippen molar-refractivity contribution in [3.8, 4) is 5.75 Å². The van der Waals surface area contributed by atoms with Crippen molar-refractivity contribution in [1.82, 2.24) is 5.32 Å². The smallest absolute Gasteiger partial charge is 0.126 e. The van der Waals surface area contributed by atoms with Crippen molar-refractivity contribution in [2.45, 2.75) is 33.3 Å².